The molecule has 0 spiro atoms. The quantitative estimate of drug-likeness (QED) is 0.765. The van der Waals surface area contributed by atoms with Gasteiger partial charge in [0, 0.05) is 5.02 Å². The maximum absolute atomic E-state index is 12.5. The van der Waals surface area contributed by atoms with E-state index < -0.39 is 0 Å². The van der Waals surface area contributed by atoms with Gasteiger partial charge in [0.1, 0.15) is 6.54 Å². The summed E-state index contributed by atoms with van der Waals surface area (Å²) >= 11 is 5.95. The van der Waals surface area contributed by atoms with Gasteiger partial charge < -0.3 is 5.32 Å². The minimum Gasteiger partial charge on any atom is -0.348 e. The summed E-state index contributed by atoms with van der Waals surface area (Å²) in [5.41, 5.74) is 3.68. The van der Waals surface area contributed by atoms with Gasteiger partial charge in [0.2, 0.25) is 5.91 Å². The first-order chi connectivity index (χ1) is 12.3. The van der Waals surface area contributed by atoms with Crippen LogP contribution in [0.1, 0.15) is 29.7 Å². The molecule has 1 atom stereocenters. The predicted octanol–water partition coefficient (Wildman–Crippen LogP) is 3.54. The van der Waals surface area contributed by atoms with E-state index in [0.29, 0.717) is 15.9 Å². The predicted molar refractivity (Wildman–Crippen MR) is 103 cm³/mol. The number of aryl methyl sites for hydroxylation is 2. The molecule has 1 amide bonds. The number of carbonyl (C=O) groups excluding carboxylic acids is 1. The molecular formula is C20H20ClN3O2. The molecule has 1 aromatic heterocycles. The average molecular weight is 370 g/mol. The number of hydrogen-bond acceptors (Lipinski definition) is 3. The van der Waals surface area contributed by atoms with Crippen molar-refractivity contribution in [1.82, 2.24) is 14.9 Å². The molecule has 1 N–H and O–H groups in total. The average Bonchev–Trinajstić information content (AvgIpc) is 2.60. The molecule has 0 aliphatic carbocycles. The van der Waals surface area contributed by atoms with Gasteiger partial charge in [-0.2, -0.15) is 0 Å². The highest BCUT2D eigenvalue weighted by molar-refractivity contribution is 6.31. The Morgan fingerprint density at radius 1 is 1.19 bits per heavy atom. The van der Waals surface area contributed by atoms with Gasteiger partial charge in [-0.25, -0.2) is 4.98 Å². The number of nitrogens with one attached hydrogen (secondary N) is 1. The van der Waals surface area contributed by atoms with Crippen molar-refractivity contribution in [3.63, 3.8) is 0 Å². The van der Waals surface area contributed by atoms with Crippen molar-refractivity contribution in [2.75, 3.05) is 0 Å². The number of carbonyl (C=O) groups is 1. The Morgan fingerprint density at radius 2 is 1.96 bits per heavy atom. The fraction of sp³-hybridized carbons (Fsp3) is 0.250. The van der Waals surface area contributed by atoms with Crippen LogP contribution in [0.2, 0.25) is 5.02 Å². The van der Waals surface area contributed by atoms with Gasteiger partial charge in [-0.3, -0.25) is 14.2 Å². The molecule has 3 rings (SSSR count). The molecule has 0 saturated heterocycles. The molecule has 0 fully saturated rings. The van der Waals surface area contributed by atoms with E-state index >= 15 is 0 Å². The lowest BCUT2D eigenvalue weighted by atomic mass is 10.0. The number of benzene rings is 2. The molecule has 0 saturated carbocycles. The number of halogens is 1. The Kier molecular flexibility index (Phi) is 5.09. The van der Waals surface area contributed by atoms with Gasteiger partial charge in [0.05, 0.1) is 23.3 Å². The second-order valence-electron chi connectivity index (χ2n) is 6.47. The SMILES string of the molecule is Cc1ccc([C@@H](C)NC(=O)Cn2cnc3ccc(Cl)cc3c2=O)cc1C. The smallest absolute Gasteiger partial charge is 0.261 e. The molecule has 0 unspecified atom stereocenters. The normalized spacial score (nSPS) is 12.2. The molecule has 134 valence electrons. The lowest BCUT2D eigenvalue weighted by molar-refractivity contribution is -0.122. The van der Waals surface area contributed by atoms with Crippen molar-refractivity contribution in [2.24, 2.45) is 0 Å². The van der Waals surface area contributed by atoms with E-state index in [1.165, 1.54) is 22.0 Å². The highest BCUT2D eigenvalue weighted by Gasteiger charge is 2.13. The molecule has 5 nitrogen and oxygen atoms in total. The summed E-state index contributed by atoms with van der Waals surface area (Å²) in [5, 5.41) is 3.78. The van der Waals surface area contributed by atoms with Crippen molar-refractivity contribution in [3.8, 4) is 0 Å². The van der Waals surface area contributed by atoms with Crippen molar-refractivity contribution in [2.45, 2.75) is 33.4 Å². The van der Waals surface area contributed by atoms with Crippen LogP contribution < -0.4 is 10.9 Å². The number of rotatable bonds is 4. The maximum Gasteiger partial charge on any atom is 0.261 e. The number of nitrogens with zero attached hydrogens (tertiary/aromatic N) is 2. The maximum atomic E-state index is 12.5. The largest absolute Gasteiger partial charge is 0.348 e. The lowest BCUT2D eigenvalue weighted by Crippen LogP contribution is -2.34. The van der Waals surface area contributed by atoms with Crippen molar-refractivity contribution in [1.29, 1.82) is 0 Å². The van der Waals surface area contributed by atoms with E-state index in [9.17, 15) is 9.59 Å². The molecule has 6 heteroatoms. The van der Waals surface area contributed by atoms with Crippen LogP contribution in [0.4, 0.5) is 0 Å². The van der Waals surface area contributed by atoms with Gasteiger partial charge in [0.15, 0.2) is 0 Å². The first-order valence-corrected chi connectivity index (χ1v) is 8.74. The third kappa shape index (κ3) is 3.78. The minimum absolute atomic E-state index is 0.0938. The van der Waals surface area contributed by atoms with Crippen LogP contribution in [0.5, 0.6) is 0 Å². The van der Waals surface area contributed by atoms with Gasteiger partial charge >= 0.3 is 0 Å². The van der Waals surface area contributed by atoms with Crippen LogP contribution >= 0.6 is 11.6 Å². The first-order valence-electron chi connectivity index (χ1n) is 8.36. The van der Waals surface area contributed by atoms with Gasteiger partial charge in [0.25, 0.3) is 5.56 Å². The zero-order chi connectivity index (χ0) is 18.8. The van der Waals surface area contributed by atoms with Crippen LogP contribution in [-0.4, -0.2) is 15.5 Å². The highest BCUT2D eigenvalue weighted by Crippen LogP contribution is 2.17. The standard InChI is InChI=1S/C20H20ClN3O2/c1-12-4-5-15(8-13(12)2)14(3)23-19(25)10-24-11-22-18-7-6-16(21)9-17(18)20(24)26/h4-9,11,14H,10H2,1-3H3,(H,23,25)/t14-/m1/s1. The van der Waals surface area contributed by atoms with E-state index in [-0.39, 0.29) is 24.1 Å². The van der Waals surface area contributed by atoms with E-state index in [1.807, 2.05) is 32.9 Å². The number of aromatic nitrogens is 2. The molecule has 26 heavy (non-hydrogen) atoms. The molecule has 0 bridgehead atoms. The third-order valence-electron chi connectivity index (χ3n) is 4.51. The Bertz CT molecular complexity index is 1040. The second kappa shape index (κ2) is 7.30. The van der Waals surface area contributed by atoms with E-state index in [4.69, 9.17) is 11.6 Å². The summed E-state index contributed by atoms with van der Waals surface area (Å²) in [4.78, 5) is 29.1. The Morgan fingerprint density at radius 3 is 2.69 bits per heavy atom. The Labute approximate surface area is 156 Å². The topological polar surface area (TPSA) is 64.0 Å². The summed E-state index contributed by atoms with van der Waals surface area (Å²) in [7, 11) is 0. The number of hydrogen-bond donors (Lipinski definition) is 1. The molecule has 0 aliphatic rings. The minimum atomic E-state index is -0.286. The third-order valence-corrected chi connectivity index (χ3v) is 4.74. The molecule has 2 aromatic carbocycles. The molecule has 0 radical (unpaired) electrons. The van der Waals surface area contributed by atoms with Crippen molar-refractivity contribution < 1.29 is 4.79 Å². The Balaban J connectivity index is 1.77. The first kappa shape index (κ1) is 18.1. The van der Waals surface area contributed by atoms with E-state index in [2.05, 4.69) is 16.4 Å². The zero-order valence-corrected chi connectivity index (χ0v) is 15.7. The monoisotopic (exact) mass is 369 g/mol. The molecule has 0 aliphatic heterocycles. The number of fused-ring (bicyclic) bond motifs is 1. The van der Waals surface area contributed by atoms with Crippen LogP contribution in [0, 0.1) is 13.8 Å². The van der Waals surface area contributed by atoms with Gasteiger partial charge in [-0.1, -0.05) is 29.8 Å². The molecule has 1 heterocycles. The lowest BCUT2D eigenvalue weighted by Gasteiger charge is -2.16. The summed E-state index contributed by atoms with van der Waals surface area (Å²) in [5.74, 6) is -0.249. The van der Waals surface area contributed by atoms with Crippen molar-refractivity contribution >= 4 is 28.4 Å². The van der Waals surface area contributed by atoms with Crippen LogP contribution in [0.3, 0.4) is 0 Å². The fourth-order valence-electron chi connectivity index (χ4n) is 2.80. The molecule has 3 aromatic rings. The second-order valence-corrected chi connectivity index (χ2v) is 6.91. The summed E-state index contributed by atoms with van der Waals surface area (Å²) in [6, 6.07) is 10.9. The van der Waals surface area contributed by atoms with Gasteiger partial charge in [-0.15, -0.1) is 0 Å². The highest BCUT2D eigenvalue weighted by atomic mass is 35.5. The van der Waals surface area contributed by atoms with Gasteiger partial charge in [-0.05, 0) is 55.7 Å². The molecular weight excluding hydrogens is 350 g/mol. The van der Waals surface area contributed by atoms with E-state index in [0.717, 1.165) is 5.56 Å². The van der Waals surface area contributed by atoms with E-state index in [1.54, 1.807) is 18.2 Å². The van der Waals surface area contributed by atoms with Crippen LogP contribution in [0.25, 0.3) is 10.9 Å². The van der Waals surface area contributed by atoms with Crippen LogP contribution in [-0.2, 0) is 11.3 Å². The summed E-state index contributed by atoms with van der Waals surface area (Å²) in [6.45, 7) is 5.92. The van der Waals surface area contributed by atoms with Crippen molar-refractivity contribution in [3.05, 3.63) is 74.8 Å². The zero-order valence-electron chi connectivity index (χ0n) is 14.9. The summed E-state index contributed by atoms with van der Waals surface area (Å²) in [6.07, 6.45) is 1.39. The number of amides is 1. The Hall–Kier alpha value is -2.66. The summed E-state index contributed by atoms with van der Waals surface area (Å²) < 4.78 is 1.29. The van der Waals surface area contributed by atoms with Crippen LogP contribution in [0.15, 0.2) is 47.5 Å². The fourth-order valence-corrected chi connectivity index (χ4v) is 2.98.